The maximum Gasteiger partial charge on any atom is 0.137 e. The summed E-state index contributed by atoms with van der Waals surface area (Å²) < 4.78 is 6.49. The number of halogens is 1. The van der Waals surface area contributed by atoms with Crippen LogP contribution in [0.3, 0.4) is 0 Å². The van der Waals surface area contributed by atoms with Crippen LogP contribution in [0.5, 0.6) is 11.5 Å². The van der Waals surface area contributed by atoms with E-state index in [1.165, 1.54) is 11.3 Å². The first-order valence-corrected chi connectivity index (χ1v) is 6.01. The third kappa shape index (κ3) is 1.90. The molecule has 2 rings (SSSR count). The minimum atomic E-state index is 0.224. The average Bonchev–Trinajstić information content (AvgIpc) is 2.61. The molecule has 1 aromatic carbocycles. The van der Waals surface area contributed by atoms with Crippen molar-refractivity contribution >= 4 is 33.0 Å². The molecule has 2 nitrogen and oxygen atoms in total. The van der Waals surface area contributed by atoms with Gasteiger partial charge in [-0.3, -0.25) is 0 Å². The molecule has 0 aliphatic rings. The highest BCUT2D eigenvalue weighted by Gasteiger charge is 2.11. The van der Waals surface area contributed by atoms with Crippen molar-refractivity contribution < 1.29 is 9.84 Å². The molecule has 0 atom stereocenters. The van der Waals surface area contributed by atoms with E-state index in [4.69, 9.17) is 16.3 Å². The highest BCUT2D eigenvalue weighted by atomic mass is 35.5. The van der Waals surface area contributed by atoms with E-state index in [1.54, 1.807) is 11.4 Å². The number of hydrogen-bond donors (Lipinski definition) is 1. The first kappa shape index (κ1) is 10.6. The molecule has 0 bridgehead atoms. The van der Waals surface area contributed by atoms with Gasteiger partial charge in [0.2, 0.25) is 0 Å². The Kier molecular flexibility index (Phi) is 3.03. The van der Waals surface area contributed by atoms with E-state index in [0.717, 1.165) is 16.9 Å². The van der Waals surface area contributed by atoms with Crippen molar-refractivity contribution in [2.75, 3.05) is 6.61 Å². The molecule has 0 unspecified atom stereocenters. The van der Waals surface area contributed by atoms with Crippen LogP contribution in [0.25, 0.3) is 10.1 Å². The van der Waals surface area contributed by atoms with Crippen LogP contribution in [0.2, 0.25) is 5.02 Å². The standard InChI is InChI=1S/C11H11ClO2S/c1-2-5-14-9-4-3-7(12)10-8(13)6-15-11(9)10/h3-4,6,13H,2,5H2,1H3. The predicted molar refractivity (Wildman–Crippen MR) is 64.3 cm³/mol. The summed E-state index contributed by atoms with van der Waals surface area (Å²) in [5.41, 5.74) is 0. The van der Waals surface area contributed by atoms with Gasteiger partial charge in [0.1, 0.15) is 11.5 Å². The molecule has 15 heavy (non-hydrogen) atoms. The lowest BCUT2D eigenvalue weighted by atomic mass is 10.2. The van der Waals surface area contributed by atoms with Crippen LogP contribution in [0.1, 0.15) is 13.3 Å². The van der Waals surface area contributed by atoms with Crippen molar-refractivity contribution in [1.29, 1.82) is 0 Å². The Morgan fingerprint density at radius 3 is 3.00 bits per heavy atom. The normalized spacial score (nSPS) is 10.8. The maximum absolute atomic E-state index is 9.61. The zero-order chi connectivity index (χ0) is 10.8. The third-order valence-electron chi connectivity index (χ3n) is 2.08. The van der Waals surface area contributed by atoms with E-state index in [9.17, 15) is 5.11 Å². The molecule has 0 saturated carbocycles. The Bertz CT molecular complexity index is 479. The van der Waals surface area contributed by atoms with Gasteiger partial charge in [-0.1, -0.05) is 18.5 Å². The molecule has 80 valence electrons. The lowest BCUT2D eigenvalue weighted by Crippen LogP contribution is -1.94. The second-order valence-corrected chi connectivity index (χ2v) is 4.51. The summed E-state index contributed by atoms with van der Waals surface area (Å²) in [6.45, 7) is 2.73. The molecule has 1 aromatic heterocycles. The summed E-state index contributed by atoms with van der Waals surface area (Å²) in [7, 11) is 0. The van der Waals surface area contributed by atoms with Crippen LogP contribution >= 0.6 is 22.9 Å². The maximum atomic E-state index is 9.61. The van der Waals surface area contributed by atoms with Crippen molar-refractivity contribution in [2.45, 2.75) is 13.3 Å². The smallest absolute Gasteiger partial charge is 0.137 e. The Balaban J connectivity index is 2.52. The Morgan fingerprint density at radius 1 is 1.47 bits per heavy atom. The highest BCUT2D eigenvalue weighted by Crippen LogP contribution is 2.41. The molecule has 1 heterocycles. The van der Waals surface area contributed by atoms with E-state index in [0.29, 0.717) is 17.0 Å². The fourth-order valence-corrected chi connectivity index (χ4v) is 2.63. The predicted octanol–water partition coefficient (Wildman–Crippen LogP) is 4.05. The summed E-state index contributed by atoms with van der Waals surface area (Å²) in [5.74, 6) is 1.02. The van der Waals surface area contributed by atoms with E-state index >= 15 is 0 Å². The molecular weight excluding hydrogens is 232 g/mol. The Morgan fingerprint density at radius 2 is 2.27 bits per heavy atom. The molecule has 2 aromatic rings. The molecule has 0 saturated heterocycles. The number of aromatic hydroxyl groups is 1. The largest absolute Gasteiger partial charge is 0.506 e. The van der Waals surface area contributed by atoms with E-state index < -0.39 is 0 Å². The molecular formula is C11H11ClO2S. The molecule has 0 amide bonds. The van der Waals surface area contributed by atoms with Crippen LogP contribution in [0, 0.1) is 0 Å². The number of hydrogen-bond acceptors (Lipinski definition) is 3. The van der Waals surface area contributed by atoms with Gasteiger partial charge in [-0.25, -0.2) is 0 Å². The summed E-state index contributed by atoms with van der Waals surface area (Å²) in [6.07, 6.45) is 0.960. The molecule has 4 heteroatoms. The van der Waals surface area contributed by atoms with Crippen LogP contribution in [0.4, 0.5) is 0 Å². The Labute approximate surface area is 97.1 Å². The zero-order valence-corrected chi connectivity index (χ0v) is 9.86. The van der Waals surface area contributed by atoms with Crippen molar-refractivity contribution in [2.24, 2.45) is 0 Å². The third-order valence-corrected chi connectivity index (χ3v) is 3.37. The van der Waals surface area contributed by atoms with Gasteiger partial charge in [0.05, 0.1) is 21.7 Å². The molecule has 0 aliphatic heterocycles. The SMILES string of the molecule is CCCOc1ccc(Cl)c2c(O)csc12. The molecule has 0 radical (unpaired) electrons. The van der Waals surface area contributed by atoms with Crippen molar-refractivity contribution in [3.05, 3.63) is 22.5 Å². The van der Waals surface area contributed by atoms with E-state index in [-0.39, 0.29) is 5.75 Å². The summed E-state index contributed by atoms with van der Waals surface area (Å²) >= 11 is 7.45. The lowest BCUT2D eigenvalue weighted by Gasteiger charge is -2.06. The van der Waals surface area contributed by atoms with E-state index in [1.807, 2.05) is 6.07 Å². The average molecular weight is 243 g/mol. The first-order valence-electron chi connectivity index (χ1n) is 4.75. The monoisotopic (exact) mass is 242 g/mol. The number of ether oxygens (including phenoxy) is 1. The van der Waals surface area contributed by atoms with Crippen molar-refractivity contribution in [3.8, 4) is 11.5 Å². The van der Waals surface area contributed by atoms with Crippen molar-refractivity contribution in [1.82, 2.24) is 0 Å². The van der Waals surface area contributed by atoms with Crippen LogP contribution < -0.4 is 4.74 Å². The minimum Gasteiger partial charge on any atom is -0.506 e. The summed E-state index contributed by atoms with van der Waals surface area (Å²) in [4.78, 5) is 0. The molecule has 0 fully saturated rings. The summed E-state index contributed by atoms with van der Waals surface area (Å²) in [6, 6.07) is 3.59. The second kappa shape index (κ2) is 4.29. The van der Waals surface area contributed by atoms with Gasteiger partial charge in [0, 0.05) is 5.38 Å². The Hall–Kier alpha value is -0.930. The number of benzene rings is 1. The fraction of sp³-hybridized carbons (Fsp3) is 0.273. The van der Waals surface area contributed by atoms with Crippen LogP contribution in [-0.4, -0.2) is 11.7 Å². The molecule has 1 N–H and O–H groups in total. The van der Waals surface area contributed by atoms with Gasteiger partial charge in [-0.2, -0.15) is 0 Å². The van der Waals surface area contributed by atoms with Gasteiger partial charge in [0.15, 0.2) is 0 Å². The molecule has 0 spiro atoms. The topological polar surface area (TPSA) is 29.5 Å². The number of rotatable bonds is 3. The minimum absolute atomic E-state index is 0.224. The fourth-order valence-electron chi connectivity index (χ4n) is 1.39. The van der Waals surface area contributed by atoms with Crippen molar-refractivity contribution in [3.63, 3.8) is 0 Å². The summed E-state index contributed by atoms with van der Waals surface area (Å²) in [5, 5.41) is 12.5. The lowest BCUT2D eigenvalue weighted by molar-refractivity contribution is 0.321. The van der Waals surface area contributed by atoms with Gasteiger partial charge in [-0.15, -0.1) is 11.3 Å². The van der Waals surface area contributed by atoms with Gasteiger partial charge in [-0.05, 0) is 18.6 Å². The van der Waals surface area contributed by atoms with Crippen LogP contribution in [0.15, 0.2) is 17.5 Å². The molecule has 0 aliphatic carbocycles. The van der Waals surface area contributed by atoms with Gasteiger partial charge in [0.25, 0.3) is 0 Å². The van der Waals surface area contributed by atoms with Gasteiger partial charge >= 0.3 is 0 Å². The number of thiophene rings is 1. The highest BCUT2D eigenvalue weighted by molar-refractivity contribution is 7.18. The first-order chi connectivity index (χ1) is 7.24. The zero-order valence-electron chi connectivity index (χ0n) is 8.29. The van der Waals surface area contributed by atoms with E-state index in [2.05, 4.69) is 6.92 Å². The van der Waals surface area contributed by atoms with Crippen LogP contribution in [-0.2, 0) is 0 Å². The second-order valence-electron chi connectivity index (χ2n) is 3.22. The van der Waals surface area contributed by atoms with Gasteiger partial charge < -0.3 is 9.84 Å². The quantitative estimate of drug-likeness (QED) is 0.880. The number of fused-ring (bicyclic) bond motifs is 1.